The van der Waals surface area contributed by atoms with Gasteiger partial charge < -0.3 is 19.7 Å². The van der Waals surface area contributed by atoms with Crippen molar-refractivity contribution in [3.8, 4) is 11.5 Å². The SMILES string of the molecule is COc1cc(F)c([C@@H](C)NC(=O)N(C)CC2CCC2)cc1OC. The van der Waals surface area contributed by atoms with Crippen molar-refractivity contribution in [1.82, 2.24) is 10.2 Å². The Hall–Kier alpha value is -1.98. The number of urea groups is 1. The predicted octanol–water partition coefficient (Wildman–Crippen LogP) is 3.35. The van der Waals surface area contributed by atoms with E-state index in [-0.39, 0.29) is 6.03 Å². The molecule has 0 heterocycles. The number of ether oxygens (including phenoxy) is 2. The Morgan fingerprint density at radius 2 is 1.96 bits per heavy atom. The normalized spacial score (nSPS) is 15.5. The first-order valence-electron chi connectivity index (χ1n) is 7.89. The summed E-state index contributed by atoms with van der Waals surface area (Å²) in [5.41, 5.74) is 0.369. The third-order valence-corrected chi connectivity index (χ3v) is 4.41. The minimum Gasteiger partial charge on any atom is -0.493 e. The number of carbonyl (C=O) groups is 1. The first-order chi connectivity index (χ1) is 11.0. The van der Waals surface area contributed by atoms with Crippen molar-refractivity contribution < 1.29 is 18.7 Å². The van der Waals surface area contributed by atoms with Crippen molar-refractivity contribution in [1.29, 1.82) is 0 Å². The molecule has 5 nitrogen and oxygen atoms in total. The van der Waals surface area contributed by atoms with Crippen LogP contribution >= 0.6 is 0 Å². The molecule has 0 saturated heterocycles. The smallest absolute Gasteiger partial charge is 0.317 e. The van der Waals surface area contributed by atoms with Gasteiger partial charge in [-0.3, -0.25) is 0 Å². The minimum absolute atomic E-state index is 0.196. The molecule has 6 heteroatoms. The van der Waals surface area contributed by atoms with Crippen molar-refractivity contribution in [3.05, 3.63) is 23.5 Å². The zero-order valence-corrected chi connectivity index (χ0v) is 14.2. The summed E-state index contributed by atoms with van der Waals surface area (Å²) in [4.78, 5) is 13.9. The molecule has 1 aromatic carbocycles. The number of hydrogen-bond acceptors (Lipinski definition) is 3. The summed E-state index contributed by atoms with van der Waals surface area (Å²) in [6.07, 6.45) is 3.60. The lowest BCUT2D eigenvalue weighted by molar-refractivity contribution is 0.180. The van der Waals surface area contributed by atoms with Crippen LogP contribution in [0, 0.1) is 11.7 Å². The summed E-state index contributed by atoms with van der Waals surface area (Å²) in [6.45, 7) is 2.49. The summed E-state index contributed by atoms with van der Waals surface area (Å²) in [6, 6.07) is 2.17. The van der Waals surface area contributed by atoms with Crippen LogP contribution in [0.3, 0.4) is 0 Å². The zero-order chi connectivity index (χ0) is 17.0. The second-order valence-corrected chi connectivity index (χ2v) is 6.08. The second kappa shape index (κ2) is 7.53. The molecule has 23 heavy (non-hydrogen) atoms. The highest BCUT2D eigenvalue weighted by atomic mass is 19.1. The fourth-order valence-electron chi connectivity index (χ4n) is 2.72. The van der Waals surface area contributed by atoms with Crippen LogP contribution in [-0.4, -0.2) is 38.7 Å². The fourth-order valence-corrected chi connectivity index (χ4v) is 2.72. The molecule has 0 unspecified atom stereocenters. The molecule has 0 spiro atoms. The van der Waals surface area contributed by atoms with Crippen LogP contribution in [0.25, 0.3) is 0 Å². The summed E-state index contributed by atoms with van der Waals surface area (Å²) in [7, 11) is 4.72. The van der Waals surface area contributed by atoms with E-state index in [9.17, 15) is 9.18 Å². The number of nitrogens with one attached hydrogen (secondary N) is 1. The van der Waals surface area contributed by atoms with Gasteiger partial charge in [-0.05, 0) is 31.7 Å². The second-order valence-electron chi connectivity index (χ2n) is 6.08. The van der Waals surface area contributed by atoms with E-state index in [2.05, 4.69) is 5.32 Å². The summed E-state index contributed by atoms with van der Waals surface area (Å²) >= 11 is 0. The topological polar surface area (TPSA) is 50.8 Å². The predicted molar refractivity (Wildman–Crippen MR) is 86.4 cm³/mol. The molecule has 1 atom stereocenters. The Kier molecular flexibility index (Phi) is 5.69. The van der Waals surface area contributed by atoms with Crippen LogP contribution in [0.4, 0.5) is 9.18 Å². The Bertz CT molecular complexity index is 561. The van der Waals surface area contributed by atoms with Crippen LogP contribution < -0.4 is 14.8 Å². The third kappa shape index (κ3) is 4.06. The van der Waals surface area contributed by atoms with E-state index >= 15 is 0 Å². The zero-order valence-electron chi connectivity index (χ0n) is 14.2. The molecule has 1 aliphatic carbocycles. The number of methoxy groups -OCH3 is 2. The number of benzene rings is 1. The lowest BCUT2D eigenvalue weighted by Gasteiger charge is -2.31. The summed E-state index contributed by atoms with van der Waals surface area (Å²) in [5, 5.41) is 2.83. The van der Waals surface area contributed by atoms with E-state index in [1.165, 1.54) is 39.5 Å². The molecular formula is C17H25FN2O3. The molecule has 0 aliphatic heterocycles. The lowest BCUT2D eigenvalue weighted by Crippen LogP contribution is -2.42. The summed E-state index contributed by atoms with van der Waals surface area (Å²) < 4.78 is 24.5. The van der Waals surface area contributed by atoms with Crippen LogP contribution in [0.1, 0.15) is 37.8 Å². The number of rotatable bonds is 6. The minimum atomic E-state index is -0.467. The van der Waals surface area contributed by atoms with Gasteiger partial charge in [-0.1, -0.05) is 6.42 Å². The van der Waals surface area contributed by atoms with Crippen LogP contribution in [-0.2, 0) is 0 Å². The Balaban J connectivity index is 2.04. The quantitative estimate of drug-likeness (QED) is 0.873. The van der Waals surface area contributed by atoms with Gasteiger partial charge in [0, 0.05) is 25.2 Å². The molecule has 1 saturated carbocycles. The lowest BCUT2D eigenvalue weighted by atomic mass is 9.85. The maximum atomic E-state index is 14.2. The van der Waals surface area contributed by atoms with Gasteiger partial charge in [0.05, 0.1) is 20.3 Å². The average molecular weight is 324 g/mol. The molecule has 0 aromatic heterocycles. The van der Waals surface area contributed by atoms with Crippen molar-refractivity contribution in [2.24, 2.45) is 5.92 Å². The Morgan fingerprint density at radius 1 is 1.35 bits per heavy atom. The number of halogens is 1. The van der Waals surface area contributed by atoms with Gasteiger partial charge in [-0.25, -0.2) is 9.18 Å². The van der Waals surface area contributed by atoms with Gasteiger partial charge in [0.2, 0.25) is 0 Å². The monoisotopic (exact) mass is 324 g/mol. The van der Waals surface area contributed by atoms with E-state index in [1.54, 1.807) is 24.9 Å². The number of carbonyl (C=O) groups excluding carboxylic acids is 1. The molecule has 128 valence electrons. The number of amides is 2. The number of hydrogen-bond donors (Lipinski definition) is 1. The molecule has 0 bridgehead atoms. The Labute approximate surface area is 136 Å². The molecule has 2 rings (SSSR count). The molecule has 0 radical (unpaired) electrons. The highest BCUT2D eigenvalue weighted by Crippen LogP contribution is 2.32. The highest BCUT2D eigenvalue weighted by Gasteiger charge is 2.23. The molecular weight excluding hydrogens is 299 g/mol. The van der Waals surface area contributed by atoms with Gasteiger partial charge in [0.25, 0.3) is 0 Å². The largest absolute Gasteiger partial charge is 0.493 e. The van der Waals surface area contributed by atoms with Crippen molar-refractivity contribution in [3.63, 3.8) is 0 Å². The van der Waals surface area contributed by atoms with Crippen molar-refractivity contribution in [2.45, 2.75) is 32.2 Å². The van der Waals surface area contributed by atoms with Gasteiger partial charge in [0.15, 0.2) is 11.5 Å². The van der Waals surface area contributed by atoms with Crippen molar-refractivity contribution >= 4 is 6.03 Å². The molecule has 1 aromatic rings. The fraction of sp³-hybridized carbons (Fsp3) is 0.588. The highest BCUT2D eigenvalue weighted by molar-refractivity contribution is 5.74. The van der Waals surface area contributed by atoms with Gasteiger partial charge in [0.1, 0.15) is 5.82 Å². The standard InChI is InChI=1S/C17H25FN2O3/c1-11(19-17(21)20(2)10-12-6-5-7-12)13-8-15(22-3)16(23-4)9-14(13)18/h8-9,11-12H,5-7,10H2,1-4H3,(H,19,21)/t11-/m1/s1. The molecule has 1 N–H and O–H groups in total. The molecule has 2 amide bonds. The van der Waals surface area contributed by atoms with Crippen LogP contribution in [0.5, 0.6) is 11.5 Å². The van der Waals surface area contributed by atoms with Crippen molar-refractivity contribution in [2.75, 3.05) is 27.8 Å². The van der Waals surface area contributed by atoms with Gasteiger partial charge >= 0.3 is 6.03 Å². The maximum Gasteiger partial charge on any atom is 0.317 e. The van der Waals surface area contributed by atoms with Gasteiger partial charge in [-0.15, -0.1) is 0 Å². The van der Waals surface area contributed by atoms with E-state index in [4.69, 9.17) is 9.47 Å². The van der Waals surface area contributed by atoms with E-state index in [1.807, 2.05) is 0 Å². The first kappa shape index (κ1) is 17.4. The molecule has 1 aliphatic rings. The Morgan fingerprint density at radius 3 is 2.48 bits per heavy atom. The van der Waals surface area contributed by atoms with E-state index < -0.39 is 11.9 Å². The average Bonchev–Trinajstić information content (AvgIpc) is 2.49. The maximum absolute atomic E-state index is 14.2. The number of nitrogens with zero attached hydrogens (tertiary/aromatic N) is 1. The van der Waals surface area contributed by atoms with E-state index in [0.29, 0.717) is 23.0 Å². The first-order valence-corrected chi connectivity index (χ1v) is 7.89. The van der Waals surface area contributed by atoms with Crippen LogP contribution in [0.2, 0.25) is 0 Å². The third-order valence-electron chi connectivity index (χ3n) is 4.41. The summed E-state index contributed by atoms with van der Waals surface area (Å²) in [5.74, 6) is 0.929. The van der Waals surface area contributed by atoms with Crippen LogP contribution in [0.15, 0.2) is 12.1 Å². The molecule has 1 fully saturated rings. The van der Waals surface area contributed by atoms with Gasteiger partial charge in [-0.2, -0.15) is 0 Å². The van der Waals surface area contributed by atoms with E-state index in [0.717, 1.165) is 6.54 Å².